The Hall–Kier alpha value is -2.16. The summed E-state index contributed by atoms with van der Waals surface area (Å²) >= 11 is 1.64. The van der Waals surface area contributed by atoms with Crippen molar-refractivity contribution >= 4 is 31.6 Å². The van der Waals surface area contributed by atoms with Gasteiger partial charge in [-0.25, -0.2) is 18.1 Å². The van der Waals surface area contributed by atoms with Crippen molar-refractivity contribution in [2.45, 2.75) is 17.7 Å². The minimum Gasteiger partial charge on any atom is -0.493 e. The van der Waals surface area contributed by atoms with E-state index in [2.05, 4.69) is 9.71 Å². The first-order valence-electron chi connectivity index (χ1n) is 8.09. The van der Waals surface area contributed by atoms with Crippen molar-refractivity contribution in [3.63, 3.8) is 0 Å². The van der Waals surface area contributed by atoms with E-state index in [1.54, 1.807) is 17.4 Å². The van der Waals surface area contributed by atoms with Gasteiger partial charge in [0.1, 0.15) is 0 Å². The van der Waals surface area contributed by atoms with Gasteiger partial charge in [0.15, 0.2) is 11.5 Å². The molecule has 138 valence electrons. The van der Waals surface area contributed by atoms with Gasteiger partial charge in [-0.15, -0.1) is 11.3 Å². The lowest BCUT2D eigenvalue weighted by Crippen LogP contribution is -2.25. The van der Waals surface area contributed by atoms with Crippen molar-refractivity contribution < 1.29 is 17.9 Å². The van der Waals surface area contributed by atoms with Crippen molar-refractivity contribution in [1.82, 2.24) is 9.71 Å². The fourth-order valence-electron chi connectivity index (χ4n) is 2.54. The van der Waals surface area contributed by atoms with Crippen LogP contribution in [0.1, 0.15) is 11.4 Å². The highest BCUT2D eigenvalue weighted by Gasteiger charge is 2.16. The molecular weight excluding hydrogens is 372 g/mol. The molecule has 0 aliphatic rings. The van der Waals surface area contributed by atoms with Gasteiger partial charge < -0.3 is 9.47 Å². The number of hydrogen-bond donors (Lipinski definition) is 1. The Morgan fingerprint density at radius 2 is 1.85 bits per heavy atom. The second-order valence-electron chi connectivity index (χ2n) is 5.59. The van der Waals surface area contributed by atoms with Crippen LogP contribution in [0.25, 0.3) is 10.2 Å². The molecule has 2 aromatic carbocycles. The third-order valence-electron chi connectivity index (χ3n) is 3.86. The summed E-state index contributed by atoms with van der Waals surface area (Å²) < 4.78 is 38.9. The highest BCUT2D eigenvalue weighted by Crippen LogP contribution is 2.29. The van der Waals surface area contributed by atoms with Gasteiger partial charge in [-0.3, -0.25) is 0 Å². The maximum atomic E-state index is 12.4. The molecule has 0 saturated carbocycles. The smallest absolute Gasteiger partial charge is 0.240 e. The topological polar surface area (TPSA) is 77.5 Å². The highest BCUT2D eigenvalue weighted by atomic mass is 32.2. The van der Waals surface area contributed by atoms with Crippen molar-refractivity contribution in [3.05, 3.63) is 47.5 Å². The Labute approximate surface area is 156 Å². The number of hydrogen-bond acceptors (Lipinski definition) is 6. The molecule has 0 atom stereocenters. The Morgan fingerprint density at radius 3 is 2.58 bits per heavy atom. The molecule has 0 amide bonds. The molecule has 1 aromatic heterocycles. The van der Waals surface area contributed by atoms with E-state index >= 15 is 0 Å². The molecule has 0 aliphatic heterocycles. The van der Waals surface area contributed by atoms with Crippen molar-refractivity contribution in [2.24, 2.45) is 0 Å². The first-order valence-corrected chi connectivity index (χ1v) is 10.4. The van der Waals surface area contributed by atoms with E-state index in [1.807, 2.05) is 24.3 Å². The molecule has 0 radical (unpaired) electrons. The number of thiazole rings is 1. The number of nitrogens with one attached hydrogen (secondary N) is 1. The lowest BCUT2D eigenvalue weighted by Gasteiger charge is -2.10. The summed E-state index contributed by atoms with van der Waals surface area (Å²) in [5.41, 5.74) is 0.985. The minimum absolute atomic E-state index is 0.148. The lowest BCUT2D eigenvalue weighted by molar-refractivity contribution is 0.354. The molecule has 1 heterocycles. The van der Waals surface area contributed by atoms with Gasteiger partial charge in [0.05, 0.1) is 34.3 Å². The monoisotopic (exact) mass is 392 g/mol. The van der Waals surface area contributed by atoms with Crippen LogP contribution >= 0.6 is 11.3 Å². The van der Waals surface area contributed by atoms with Gasteiger partial charge in [-0.1, -0.05) is 12.1 Å². The molecule has 0 saturated heterocycles. The number of rotatable bonds is 8. The fourth-order valence-corrected chi connectivity index (χ4v) is 4.64. The largest absolute Gasteiger partial charge is 0.493 e. The van der Waals surface area contributed by atoms with Gasteiger partial charge >= 0.3 is 0 Å². The Morgan fingerprint density at radius 1 is 1.08 bits per heavy atom. The number of aryl methyl sites for hydroxylation is 1. The predicted molar refractivity (Wildman–Crippen MR) is 103 cm³/mol. The molecular formula is C18H20N2O4S2. The zero-order valence-corrected chi connectivity index (χ0v) is 16.2. The molecule has 8 heteroatoms. The van der Waals surface area contributed by atoms with Crippen LogP contribution in [0.15, 0.2) is 47.4 Å². The van der Waals surface area contributed by atoms with Gasteiger partial charge in [0.25, 0.3) is 0 Å². The van der Waals surface area contributed by atoms with Gasteiger partial charge in [-0.2, -0.15) is 0 Å². The van der Waals surface area contributed by atoms with Crippen molar-refractivity contribution in [1.29, 1.82) is 0 Å². The number of benzene rings is 2. The first-order chi connectivity index (χ1) is 12.5. The number of nitrogens with zero attached hydrogens (tertiary/aromatic N) is 1. The van der Waals surface area contributed by atoms with E-state index in [9.17, 15) is 8.42 Å². The molecule has 3 aromatic rings. The maximum absolute atomic E-state index is 12.4. The molecule has 26 heavy (non-hydrogen) atoms. The van der Waals surface area contributed by atoms with Crippen molar-refractivity contribution in [3.8, 4) is 11.5 Å². The quantitative estimate of drug-likeness (QED) is 0.596. The van der Waals surface area contributed by atoms with Gasteiger partial charge in [-0.05, 0) is 30.7 Å². The summed E-state index contributed by atoms with van der Waals surface area (Å²) in [6.45, 7) is 0.340. The summed E-state index contributed by atoms with van der Waals surface area (Å²) in [5, 5.41) is 1.01. The summed E-state index contributed by atoms with van der Waals surface area (Å²) in [5.74, 6) is 0.868. The Balaban J connectivity index is 1.59. The number of methoxy groups -OCH3 is 2. The number of ether oxygens (including phenoxy) is 2. The molecule has 0 bridgehead atoms. The molecule has 0 spiro atoms. The standard InChI is InChI=1S/C18H20N2O4S2/c1-23-15-10-9-13(12-16(15)24-2)26(21,22)19-11-5-8-18-20-14-6-3-4-7-17(14)25-18/h3-4,6-7,9-10,12,19H,5,8,11H2,1-2H3. The molecule has 0 fully saturated rings. The van der Waals surface area contributed by atoms with E-state index in [1.165, 1.54) is 26.4 Å². The van der Waals surface area contributed by atoms with Gasteiger partial charge in [0, 0.05) is 19.0 Å². The van der Waals surface area contributed by atoms with Crippen LogP contribution in [0, 0.1) is 0 Å². The van der Waals surface area contributed by atoms with E-state index < -0.39 is 10.0 Å². The molecule has 0 aliphatic carbocycles. The van der Waals surface area contributed by atoms with E-state index in [4.69, 9.17) is 9.47 Å². The minimum atomic E-state index is -3.60. The highest BCUT2D eigenvalue weighted by molar-refractivity contribution is 7.89. The van der Waals surface area contributed by atoms with Crippen LogP contribution < -0.4 is 14.2 Å². The first kappa shape index (κ1) is 18.6. The zero-order valence-electron chi connectivity index (χ0n) is 14.6. The zero-order chi connectivity index (χ0) is 18.6. The molecule has 6 nitrogen and oxygen atoms in total. The summed E-state index contributed by atoms with van der Waals surface area (Å²) in [6, 6.07) is 12.5. The van der Waals surface area contributed by atoms with E-state index in [0.717, 1.165) is 21.6 Å². The van der Waals surface area contributed by atoms with E-state index in [0.29, 0.717) is 24.5 Å². The van der Waals surface area contributed by atoms with Crippen LogP contribution in [-0.4, -0.2) is 34.2 Å². The average Bonchev–Trinajstić information content (AvgIpc) is 3.07. The van der Waals surface area contributed by atoms with Gasteiger partial charge in [0.2, 0.25) is 10.0 Å². The summed E-state index contributed by atoms with van der Waals surface area (Å²) in [7, 11) is -0.621. The number of fused-ring (bicyclic) bond motifs is 1. The average molecular weight is 393 g/mol. The predicted octanol–water partition coefficient (Wildman–Crippen LogP) is 3.22. The maximum Gasteiger partial charge on any atom is 0.240 e. The van der Waals surface area contributed by atoms with Crippen LogP contribution in [0.4, 0.5) is 0 Å². The lowest BCUT2D eigenvalue weighted by atomic mass is 10.3. The number of para-hydroxylation sites is 1. The fraction of sp³-hybridized carbons (Fsp3) is 0.278. The third-order valence-corrected chi connectivity index (χ3v) is 6.42. The summed E-state index contributed by atoms with van der Waals surface area (Å²) in [6.07, 6.45) is 1.40. The second kappa shape index (κ2) is 8.03. The van der Waals surface area contributed by atoms with E-state index in [-0.39, 0.29) is 4.90 Å². The van der Waals surface area contributed by atoms with Crippen LogP contribution in [0.2, 0.25) is 0 Å². The van der Waals surface area contributed by atoms with Crippen LogP contribution in [-0.2, 0) is 16.4 Å². The molecule has 0 unspecified atom stereocenters. The van der Waals surface area contributed by atoms with Crippen LogP contribution in [0.5, 0.6) is 11.5 Å². The third kappa shape index (κ3) is 4.14. The van der Waals surface area contributed by atoms with Crippen LogP contribution in [0.3, 0.4) is 0 Å². The molecule has 1 N–H and O–H groups in total. The van der Waals surface area contributed by atoms with Crippen molar-refractivity contribution in [2.75, 3.05) is 20.8 Å². The molecule has 3 rings (SSSR count). The Kier molecular flexibility index (Phi) is 5.75. The normalized spacial score (nSPS) is 11.6. The second-order valence-corrected chi connectivity index (χ2v) is 8.48. The Bertz CT molecular complexity index is 966. The number of aromatic nitrogens is 1. The SMILES string of the molecule is COc1ccc(S(=O)(=O)NCCCc2nc3ccccc3s2)cc1OC. The summed E-state index contributed by atoms with van der Waals surface area (Å²) in [4.78, 5) is 4.71. The number of sulfonamides is 1.